The summed E-state index contributed by atoms with van der Waals surface area (Å²) in [6.07, 6.45) is 0. The molecule has 0 aliphatic rings. The fraction of sp³-hybridized carbons (Fsp3) is 0.174. The van der Waals surface area contributed by atoms with Crippen molar-refractivity contribution in [3.63, 3.8) is 0 Å². The van der Waals surface area contributed by atoms with Gasteiger partial charge in [0.25, 0.3) is 0 Å². The second-order valence-electron chi connectivity index (χ2n) is 7.16. The van der Waals surface area contributed by atoms with Crippen LogP contribution in [0.2, 0.25) is 10.0 Å². The van der Waals surface area contributed by atoms with Gasteiger partial charge in [0.05, 0.1) is 17.5 Å². The van der Waals surface area contributed by atoms with Crippen molar-refractivity contribution in [1.29, 1.82) is 0 Å². The number of nitrogens with zero attached hydrogens (tertiary/aromatic N) is 1. The first-order valence-electron chi connectivity index (χ1n) is 9.71. The van der Waals surface area contributed by atoms with Crippen LogP contribution in [-0.2, 0) is 21.4 Å². The lowest BCUT2D eigenvalue weighted by Gasteiger charge is -2.24. The Bertz CT molecular complexity index is 1190. The third-order valence-electron chi connectivity index (χ3n) is 4.82. The Balaban J connectivity index is 1.84. The number of rotatable bonds is 8. The first-order chi connectivity index (χ1) is 15.2. The van der Waals surface area contributed by atoms with E-state index in [9.17, 15) is 13.2 Å². The van der Waals surface area contributed by atoms with E-state index in [4.69, 9.17) is 23.2 Å². The molecule has 32 heavy (non-hydrogen) atoms. The topological polar surface area (TPSA) is 66.5 Å². The first kappa shape index (κ1) is 24.7. The van der Waals surface area contributed by atoms with E-state index in [2.05, 4.69) is 21.2 Å². The molecule has 0 saturated heterocycles. The van der Waals surface area contributed by atoms with Gasteiger partial charge in [-0.1, -0.05) is 69.5 Å². The number of hydrogen-bond donors (Lipinski definition) is 1. The summed E-state index contributed by atoms with van der Waals surface area (Å²) in [6.45, 7) is 1.43. The standard InChI is InChI=1S/C23H21BrCl2N2O3S/c1-16(17-6-8-19(24)9-7-17)27-23(29)15-28(14-18-4-2-3-5-22(18)26)32(30,31)21-12-10-20(25)11-13-21/h2-13,16H,14-15H2,1H3,(H,27,29)/t16-/m1/s1. The van der Waals surface area contributed by atoms with Crippen molar-refractivity contribution < 1.29 is 13.2 Å². The number of hydrogen-bond acceptors (Lipinski definition) is 3. The van der Waals surface area contributed by atoms with Crippen molar-refractivity contribution in [2.24, 2.45) is 0 Å². The minimum atomic E-state index is -3.98. The summed E-state index contributed by atoms with van der Waals surface area (Å²) in [5.41, 5.74) is 1.50. The van der Waals surface area contributed by atoms with Crippen LogP contribution in [0.4, 0.5) is 0 Å². The van der Waals surface area contributed by atoms with Gasteiger partial charge >= 0.3 is 0 Å². The number of sulfonamides is 1. The van der Waals surface area contributed by atoms with Gasteiger partial charge in [0.15, 0.2) is 0 Å². The van der Waals surface area contributed by atoms with Crippen molar-refractivity contribution >= 4 is 55.1 Å². The Morgan fingerprint density at radius 3 is 2.25 bits per heavy atom. The van der Waals surface area contributed by atoms with E-state index in [0.29, 0.717) is 15.6 Å². The average molecular weight is 556 g/mol. The maximum atomic E-state index is 13.3. The third-order valence-corrected chi connectivity index (χ3v) is 7.78. The highest BCUT2D eigenvalue weighted by Gasteiger charge is 2.28. The number of benzene rings is 3. The van der Waals surface area contributed by atoms with Crippen LogP contribution in [-0.4, -0.2) is 25.2 Å². The van der Waals surface area contributed by atoms with Crippen LogP contribution < -0.4 is 5.32 Å². The van der Waals surface area contributed by atoms with Gasteiger partial charge in [0.2, 0.25) is 15.9 Å². The van der Waals surface area contributed by atoms with E-state index in [1.165, 1.54) is 24.3 Å². The van der Waals surface area contributed by atoms with E-state index in [1.807, 2.05) is 31.2 Å². The zero-order valence-corrected chi connectivity index (χ0v) is 21.0. The van der Waals surface area contributed by atoms with Crippen molar-refractivity contribution in [2.45, 2.75) is 24.4 Å². The summed E-state index contributed by atoms with van der Waals surface area (Å²) in [5, 5.41) is 3.71. The molecule has 3 aromatic carbocycles. The minimum absolute atomic E-state index is 0.0442. The molecule has 168 valence electrons. The SMILES string of the molecule is C[C@@H](NC(=O)CN(Cc1ccccc1Cl)S(=O)(=O)c1ccc(Cl)cc1)c1ccc(Br)cc1. The smallest absolute Gasteiger partial charge is 0.243 e. The molecule has 5 nitrogen and oxygen atoms in total. The molecule has 0 saturated carbocycles. The predicted molar refractivity (Wildman–Crippen MR) is 131 cm³/mol. The van der Waals surface area contributed by atoms with E-state index in [0.717, 1.165) is 14.3 Å². The number of halogens is 3. The molecule has 9 heteroatoms. The lowest BCUT2D eigenvalue weighted by molar-refractivity contribution is -0.122. The fourth-order valence-corrected chi connectivity index (χ4v) is 5.04. The first-order valence-corrected chi connectivity index (χ1v) is 12.7. The summed E-state index contributed by atoms with van der Waals surface area (Å²) < 4.78 is 28.7. The summed E-state index contributed by atoms with van der Waals surface area (Å²) in [5.74, 6) is -0.426. The number of amides is 1. The highest BCUT2D eigenvalue weighted by Crippen LogP contribution is 2.24. The van der Waals surface area contributed by atoms with Gasteiger partial charge in [0, 0.05) is 21.1 Å². The summed E-state index contributed by atoms with van der Waals surface area (Å²) in [7, 11) is -3.98. The monoisotopic (exact) mass is 554 g/mol. The van der Waals surface area contributed by atoms with Crippen LogP contribution in [0.1, 0.15) is 24.1 Å². The Morgan fingerprint density at radius 1 is 1.00 bits per heavy atom. The molecule has 3 aromatic rings. The quantitative estimate of drug-likeness (QED) is 0.380. The second-order valence-corrected chi connectivity index (χ2v) is 10.9. The molecule has 0 unspecified atom stereocenters. The highest BCUT2D eigenvalue weighted by molar-refractivity contribution is 9.10. The lowest BCUT2D eigenvalue weighted by atomic mass is 10.1. The van der Waals surface area contributed by atoms with E-state index in [1.54, 1.807) is 24.3 Å². The number of carbonyl (C=O) groups excluding carboxylic acids is 1. The van der Waals surface area contributed by atoms with Crippen LogP contribution in [0, 0.1) is 0 Å². The van der Waals surface area contributed by atoms with Crippen molar-refractivity contribution in [2.75, 3.05) is 6.54 Å². The molecular formula is C23H21BrCl2N2O3S. The Hall–Kier alpha value is -1.90. The third kappa shape index (κ3) is 6.33. The van der Waals surface area contributed by atoms with Gasteiger partial charge in [-0.25, -0.2) is 8.42 Å². The fourth-order valence-electron chi connectivity index (χ4n) is 3.08. The average Bonchev–Trinajstić information content (AvgIpc) is 2.75. The summed E-state index contributed by atoms with van der Waals surface area (Å²) in [6, 6.07) is 20.0. The Kier molecular flexibility index (Phi) is 8.36. The summed E-state index contributed by atoms with van der Waals surface area (Å²) >= 11 is 15.5. The van der Waals surface area contributed by atoms with Crippen LogP contribution in [0.5, 0.6) is 0 Å². The van der Waals surface area contributed by atoms with Crippen molar-refractivity contribution in [1.82, 2.24) is 9.62 Å². The van der Waals surface area contributed by atoms with Crippen molar-refractivity contribution in [3.8, 4) is 0 Å². The minimum Gasteiger partial charge on any atom is -0.348 e. The van der Waals surface area contributed by atoms with Gasteiger partial charge < -0.3 is 5.32 Å². The molecule has 3 rings (SSSR count). The van der Waals surface area contributed by atoms with Gasteiger partial charge in [-0.15, -0.1) is 0 Å². The lowest BCUT2D eigenvalue weighted by Crippen LogP contribution is -2.41. The molecule has 0 aliphatic carbocycles. The van der Waals surface area contributed by atoms with Gasteiger partial charge in [0.1, 0.15) is 0 Å². The second kappa shape index (κ2) is 10.8. The molecule has 0 heterocycles. The maximum Gasteiger partial charge on any atom is 0.243 e. The molecule has 1 atom stereocenters. The molecular weight excluding hydrogens is 535 g/mol. The molecule has 1 amide bonds. The largest absolute Gasteiger partial charge is 0.348 e. The zero-order valence-electron chi connectivity index (χ0n) is 17.1. The van der Waals surface area contributed by atoms with Crippen LogP contribution in [0.25, 0.3) is 0 Å². The van der Waals surface area contributed by atoms with Gasteiger partial charge in [-0.05, 0) is 60.5 Å². The normalized spacial score (nSPS) is 12.5. The molecule has 0 aromatic heterocycles. The van der Waals surface area contributed by atoms with E-state index >= 15 is 0 Å². The summed E-state index contributed by atoms with van der Waals surface area (Å²) in [4.78, 5) is 12.9. The molecule has 0 fully saturated rings. The van der Waals surface area contributed by atoms with E-state index < -0.39 is 15.9 Å². The number of nitrogens with one attached hydrogen (secondary N) is 1. The number of carbonyl (C=O) groups is 1. The van der Waals surface area contributed by atoms with Gasteiger partial charge in [-0.3, -0.25) is 4.79 Å². The van der Waals surface area contributed by atoms with Crippen LogP contribution in [0.3, 0.4) is 0 Å². The van der Waals surface area contributed by atoms with Gasteiger partial charge in [-0.2, -0.15) is 4.31 Å². The Morgan fingerprint density at radius 2 is 1.62 bits per heavy atom. The maximum absolute atomic E-state index is 13.3. The Labute approximate surface area is 206 Å². The van der Waals surface area contributed by atoms with Crippen molar-refractivity contribution in [3.05, 3.63) is 98.4 Å². The molecule has 0 aliphatic heterocycles. The van der Waals surface area contributed by atoms with Crippen LogP contribution in [0.15, 0.2) is 82.2 Å². The zero-order chi connectivity index (χ0) is 23.3. The van der Waals surface area contributed by atoms with E-state index in [-0.39, 0.29) is 24.0 Å². The molecule has 1 N–H and O–H groups in total. The highest BCUT2D eigenvalue weighted by atomic mass is 79.9. The molecule has 0 bridgehead atoms. The van der Waals surface area contributed by atoms with Crippen LogP contribution >= 0.6 is 39.1 Å². The molecule has 0 spiro atoms. The predicted octanol–water partition coefficient (Wildman–Crippen LogP) is 5.82. The molecule has 0 radical (unpaired) electrons.